The fraction of sp³-hybridized carbons (Fsp3) is 0.714. The van der Waals surface area contributed by atoms with Crippen LogP contribution in [0.2, 0.25) is 23.3 Å². The summed E-state index contributed by atoms with van der Waals surface area (Å²) in [6, 6.07) is 4.09. The zero-order chi connectivity index (χ0) is 20.7. The highest BCUT2D eigenvalue weighted by Gasteiger charge is 2.52. The summed E-state index contributed by atoms with van der Waals surface area (Å²) in [7, 11) is -1.86. The van der Waals surface area contributed by atoms with Crippen LogP contribution in [0.3, 0.4) is 0 Å². The number of ether oxygens (including phenoxy) is 1. The molecule has 5 nitrogen and oxygen atoms in total. The molecule has 7 heteroatoms. The minimum atomic E-state index is -1.86. The highest BCUT2D eigenvalue weighted by molar-refractivity contribution is 6.74. The minimum absolute atomic E-state index is 0.0792. The van der Waals surface area contributed by atoms with Crippen LogP contribution in [0.5, 0.6) is 0 Å². The van der Waals surface area contributed by atoms with Gasteiger partial charge in [0.2, 0.25) is 0 Å². The Balaban J connectivity index is 1.84. The van der Waals surface area contributed by atoms with E-state index in [2.05, 4.69) is 38.8 Å². The van der Waals surface area contributed by atoms with Gasteiger partial charge in [0.1, 0.15) is 5.15 Å². The average Bonchev–Trinajstić information content (AvgIpc) is 2.82. The molecule has 3 heterocycles. The first-order valence-corrected chi connectivity index (χ1v) is 13.6. The van der Waals surface area contributed by atoms with Gasteiger partial charge in [-0.3, -0.25) is 0 Å². The van der Waals surface area contributed by atoms with Crippen LogP contribution in [0.25, 0.3) is 0 Å². The molecule has 1 aromatic rings. The maximum Gasteiger partial charge on any atom is 0.410 e. The van der Waals surface area contributed by atoms with Crippen molar-refractivity contribution in [1.29, 1.82) is 0 Å². The molecule has 2 saturated heterocycles. The Morgan fingerprint density at radius 3 is 2.57 bits per heavy atom. The number of pyridine rings is 1. The molecular weight excluding hydrogens is 392 g/mol. The summed E-state index contributed by atoms with van der Waals surface area (Å²) in [4.78, 5) is 18.9. The van der Waals surface area contributed by atoms with Gasteiger partial charge in [-0.05, 0) is 55.9 Å². The minimum Gasteiger partial charge on any atom is -0.450 e. The molecule has 0 aliphatic carbocycles. The highest BCUT2D eigenvalue weighted by Crippen LogP contribution is 2.48. The first-order chi connectivity index (χ1) is 13.0. The van der Waals surface area contributed by atoms with E-state index in [9.17, 15) is 4.79 Å². The molecule has 3 rings (SSSR count). The molecule has 0 spiro atoms. The standard InChI is InChI=1S/C21H33ClN2O3Si/c1-7-26-20(25)24-15-10-16(27-28(5,6)21(2,3)4)12-18(24)17(11-15)14-8-9-19(22)23-13-14/h8-9,13,15-18H,7,10-12H2,1-6H3/t15-,16-,17+,18+/m1/s1. The van der Waals surface area contributed by atoms with Crippen molar-refractivity contribution in [2.24, 2.45) is 0 Å². The van der Waals surface area contributed by atoms with E-state index < -0.39 is 8.32 Å². The number of rotatable bonds is 4. The van der Waals surface area contributed by atoms with Crippen molar-refractivity contribution in [3.63, 3.8) is 0 Å². The van der Waals surface area contributed by atoms with Gasteiger partial charge in [-0.2, -0.15) is 0 Å². The van der Waals surface area contributed by atoms with E-state index in [1.807, 2.05) is 30.2 Å². The van der Waals surface area contributed by atoms with Gasteiger partial charge in [0, 0.05) is 30.3 Å². The lowest BCUT2D eigenvalue weighted by atomic mass is 9.91. The van der Waals surface area contributed by atoms with Crippen LogP contribution in [-0.4, -0.2) is 49.1 Å². The van der Waals surface area contributed by atoms with Crippen molar-refractivity contribution in [2.75, 3.05) is 6.61 Å². The molecule has 4 atom stereocenters. The Morgan fingerprint density at radius 2 is 2.00 bits per heavy atom. The summed E-state index contributed by atoms with van der Waals surface area (Å²) in [5.74, 6) is 0.243. The van der Waals surface area contributed by atoms with Crippen molar-refractivity contribution >= 4 is 26.0 Å². The average molecular weight is 425 g/mol. The SMILES string of the molecule is CCOC(=O)N1[C@@H]2C[C@@H](O[Si](C)(C)C(C)(C)C)C[C@H]1[C@H](c1ccc(Cl)nc1)C2. The van der Waals surface area contributed by atoms with Crippen LogP contribution < -0.4 is 0 Å². The lowest BCUT2D eigenvalue weighted by molar-refractivity contribution is 0.0288. The van der Waals surface area contributed by atoms with Crippen molar-refractivity contribution < 1.29 is 14.0 Å². The fourth-order valence-corrected chi connectivity index (χ4v) is 5.81. The summed E-state index contributed by atoms with van der Waals surface area (Å²) < 4.78 is 12.1. The van der Waals surface area contributed by atoms with Gasteiger partial charge in [0.25, 0.3) is 0 Å². The Kier molecular flexibility index (Phi) is 6.14. The van der Waals surface area contributed by atoms with E-state index in [4.69, 9.17) is 20.8 Å². The normalized spacial score (nSPS) is 27.8. The maximum atomic E-state index is 12.7. The van der Waals surface area contributed by atoms with Crippen LogP contribution in [0, 0.1) is 0 Å². The summed E-state index contributed by atoms with van der Waals surface area (Å²) in [6.45, 7) is 13.7. The van der Waals surface area contributed by atoms with Crippen molar-refractivity contribution in [3.8, 4) is 0 Å². The van der Waals surface area contributed by atoms with Gasteiger partial charge < -0.3 is 14.1 Å². The molecule has 2 bridgehead atoms. The number of carbonyl (C=O) groups excluding carboxylic acids is 1. The molecule has 1 amide bonds. The highest BCUT2D eigenvalue weighted by atomic mass is 35.5. The summed E-state index contributed by atoms with van der Waals surface area (Å²) >= 11 is 5.98. The number of fused-ring (bicyclic) bond motifs is 2. The smallest absolute Gasteiger partial charge is 0.410 e. The van der Waals surface area contributed by atoms with E-state index in [1.54, 1.807) is 0 Å². The van der Waals surface area contributed by atoms with Crippen LogP contribution in [-0.2, 0) is 9.16 Å². The van der Waals surface area contributed by atoms with Crippen molar-refractivity contribution in [3.05, 3.63) is 29.0 Å². The summed E-state index contributed by atoms with van der Waals surface area (Å²) in [6.07, 6.45) is 4.47. The van der Waals surface area contributed by atoms with Crippen molar-refractivity contribution in [1.82, 2.24) is 9.88 Å². The topological polar surface area (TPSA) is 51.7 Å². The molecule has 1 aromatic heterocycles. The number of nitrogens with zero attached hydrogens (tertiary/aromatic N) is 2. The number of hydrogen-bond acceptors (Lipinski definition) is 4. The van der Waals surface area contributed by atoms with Crippen LogP contribution in [0.4, 0.5) is 4.79 Å². The second-order valence-corrected chi connectivity index (χ2v) is 14.7. The lowest BCUT2D eigenvalue weighted by Crippen LogP contribution is -2.53. The van der Waals surface area contributed by atoms with E-state index >= 15 is 0 Å². The molecule has 28 heavy (non-hydrogen) atoms. The summed E-state index contributed by atoms with van der Waals surface area (Å²) in [5, 5.41) is 0.662. The van der Waals surface area contributed by atoms with E-state index in [0.29, 0.717) is 11.8 Å². The number of carbonyl (C=O) groups is 1. The number of amides is 1. The Hall–Kier alpha value is -1.11. The second kappa shape index (κ2) is 7.96. The molecule has 2 fully saturated rings. The predicted octanol–water partition coefficient (Wildman–Crippen LogP) is 5.60. The van der Waals surface area contributed by atoms with Crippen LogP contribution >= 0.6 is 11.6 Å². The lowest BCUT2D eigenvalue weighted by Gasteiger charge is -2.44. The molecule has 0 saturated carbocycles. The van der Waals surface area contributed by atoms with Crippen LogP contribution in [0.1, 0.15) is 58.4 Å². The van der Waals surface area contributed by atoms with Crippen LogP contribution in [0.15, 0.2) is 18.3 Å². The Bertz CT molecular complexity index is 705. The van der Waals surface area contributed by atoms with Gasteiger partial charge in [-0.25, -0.2) is 9.78 Å². The Labute approximate surface area is 174 Å². The molecule has 2 aliphatic heterocycles. The Morgan fingerprint density at radius 1 is 1.29 bits per heavy atom. The van der Waals surface area contributed by atoms with Gasteiger partial charge >= 0.3 is 6.09 Å². The van der Waals surface area contributed by atoms with Crippen molar-refractivity contribution in [2.45, 2.75) is 89.2 Å². The molecule has 0 unspecified atom stereocenters. The summed E-state index contributed by atoms with van der Waals surface area (Å²) in [5.41, 5.74) is 1.14. The third-order valence-electron chi connectivity index (χ3n) is 6.71. The molecule has 156 valence electrons. The van der Waals surface area contributed by atoms with Gasteiger partial charge in [0.05, 0.1) is 6.61 Å². The first-order valence-electron chi connectivity index (χ1n) is 10.3. The maximum absolute atomic E-state index is 12.7. The third kappa shape index (κ3) is 4.24. The van der Waals surface area contributed by atoms with Gasteiger partial charge in [-0.15, -0.1) is 0 Å². The first kappa shape index (κ1) is 21.6. The molecule has 0 aromatic carbocycles. The molecular formula is C21H33ClN2O3Si. The predicted molar refractivity (Wildman–Crippen MR) is 114 cm³/mol. The fourth-order valence-electron chi connectivity index (χ4n) is 4.32. The molecule has 2 aliphatic rings. The number of piperidine rings is 1. The number of hydrogen-bond donors (Lipinski definition) is 0. The number of aromatic nitrogens is 1. The quantitative estimate of drug-likeness (QED) is 0.466. The molecule has 0 radical (unpaired) electrons. The van der Waals surface area contributed by atoms with E-state index in [-0.39, 0.29) is 35.2 Å². The second-order valence-electron chi connectivity index (χ2n) is 9.56. The number of halogens is 1. The van der Waals surface area contributed by atoms with E-state index in [0.717, 1.165) is 24.8 Å². The zero-order valence-electron chi connectivity index (χ0n) is 17.9. The monoisotopic (exact) mass is 424 g/mol. The molecule has 0 N–H and O–H groups in total. The zero-order valence-corrected chi connectivity index (χ0v) is 19.6. The largest absolute Gasteiger partial charge is 0.450 e. The third-order valence-corrected chi connectivity index (χ3v) is 11.5. The van der Waals surface area contributed by atoms with Gasteiger partial charge in [-0.1, -0.05) is 38.4 Å². The van der Waals surface area contributed by atoms with E-state index in [1.165, 1.54) is 0 Å². The van der Waals surface area contributed by atoms with Gasteiger partial charge in [0.15, 0.2) is 8.32 Å².